The van der Waals surface area contributed by atoms with Crippen molar-refractivity contribution in [2.75, 3.05) is 30.8 Å². The summed E-state index contributed by atoms with van der Waals surface area (Å²) in [6, 6.07) is 6.52. The lowest BCUT2D eigenvalue weighted by Crippen LogP contribution is -2.54. The van der Waals surface area contributed by atoms with Gasteiger partial charge in [0.15, 0.2) is 5.69 Å². The zero-order chi connectivity index (χ0) is 19.6. The van der Waals surface area contributed by atoms with Crippen molar-refractivity contribution in [1.29, 1.82) is 0 Å². The fourth-order valence-electron chi connectivity index (χ4n) is 2.76. The number of hydrogen-bond acceptors (Lipinski definition) is 6. The third kappa shape index (κ3) is 4.08. The molecule has 2 aromatic rings. The van der Waals surface area contributed by atoms with Crippen LogP contribution in [0.3, 0.4) is 0 Å². The molecule has 0 bridgehead atoms. The van der Waals surface area contributed by atoms with Gasteiger partial charge in [0.05, 0.1) is 18.7 Å². The second-order valence-electron chi connectivity index (χ2n) is 6.32. The molecule has 0 atom stereocenters. The van der Waals surface area contributed by atoms with Crippen LogP contribution in [0.1, 0.15) is 23.2 Å². The molecule has 0 spiro atoms. The van der Waals surface area contributed by atoms with E-state index in [9.17, 15) is 14.4 Å². The number of nitrogens with zero attached hydrogens (tertiary/aromatic N) is 2. The SMILES string of the molecule is COc1ccc(NC(C)=O)cc1NC(=O)C1CN(C(=O)c2cc(C)on2)C1. The first kappa shape index (κ1) is 18.4. The number of aromatic nitrogens is 1. The summed E-state index contributed by atoms with van der Waals surface area (Å²) in [5, 5.41) is 9.14. The zero-order valence-corrected chi connectivity index (χ0v) is 15.2. The number of carbonyl (C=O) groups excluding carboxylic acids is 3. The molecule has 2 heterocycles. The summed E-state index contributed by atoms with van der Waals surface area (Å²) in [5.74, 6) is -0.0124. The van der Waals surface area contributed by atoms with Crippen LogP contribution in [-0.2, 0) is 9.59 Å². The summed E-state index contributed by atoms with van der Waals surface area (Å²) in [7, 11) is 1.49. The van der Waals surface area contributed by atoms with Gasteiger partial charge in [-0.2, -0.15) is 0 Å². The number of carbonyl (C=O) groups is 3. The Morgan fingerprint density at radius 1 is 1.22 bits per heavy atom. The largest absolute Gasteiger partial charge is 0.495 e. The molecular formula is C18H20N4O5. The Morgan fingerprint density at radius 2 is 1.96 bits per heavy atom. The van der Waals surface area contributed by atoms with Crippen molar-refractivity contribution in [3.05, 3.63) is 35.7 Å². The average molecular weight is 372 g/mol. The highest BCUT2D eigenvalue weighted by Gasteiger charge is 2.37. The van der Waals surface area contributed by atoms with Crippen molar-refractivity contribution in [3.8, 4) is 5.75 Å². The lowest BCUT2D eigenvalue weighted by molar-refractivity contribution is -0.123. The molecule has 9 heteroatoms. The van der Waals surface area contributed by atoms with Crippen LogP contribution in [-0.4, -0.2) is 48.0 Å². The number of rotatable bonds is 5. The van der Waals surface area contributed by atoms with E-state index in [1.54, 1.807) is 31.2 Å². The monoisotopic (exact) mass is 372 g/mol. The normalized spacial score (nSPS) is 13.7. The number of anilines is 2. The fourth-order valence-corrected chi connectivity index (χ4v) is 2.76. The molecule has 142 valence electrons. The first-order valence-corrected chi connectivity index (χ1v) is 8.36. The van der Waals surface area contributed by atoms with Crippen LogP contribution in [0.4, 0.5) is 11.4 Å². The minimum absolute atomic E-state index is 0.214. The van der Waals surface area contributed by atoms with Crippen LogP contribution in [0.5, 0.6) is 5.75 Å². The molecule has 9 nitrogen and oxygen atoms in total. The molecule has 1 aromatic carbocycles. The third-order valence-electron chi connectivity index (χ3n) is 4.16. The maximum absolute atomic E-state index is 12.5. The lowest BCUT2D eigenvalue weighted by atomic mass is 9.98. The number of aryl methyl sites for hydroxylation is 1. The minimum Gasteiger partial charge on any atom is -0.495 e. The summed E-state index contributed by atoms with van der Waals surface area (Å²) in [5.41, 5.74) is 1.23. The predicted octanol–water partition coefficient (Wildman–Crippen LogP) is 1.66. The molecule has 1 aromatic heterocycles. The Hall–Kier alpha value is -3.36. The number of likely N-dealkylation sites (tertiary alicyclic amines) is 1. The van der Waals surface area contributed by atoms with Crippen LogP contribution in [0.25, 0.3) is 0 Å². The molecule has 0 unspecified atom stereocenters. The van der Waals surface area contributed by atoms with Crippen LogP contribution in [0, 0.1) is 12.8 Å². The van der Waals surface area contributed by atoms with Crippen LogP contribution in [0.2, 0.25) is 0 Å². The number of hydrogen-bond donors (Lipinski definition) is 2. The molecule has 1 fully saturated rings. The Balaban J connectivity index is 1.61. The number of nitrogens with one attached hydrogen (secondary N) is 2. The second-order valence-corrected chi connectivity index (χ2v) is 6.32. The van der Waals surface area contributed by atoms with Crippen molar-refractivity contribution in [2.45, 2.75) is 13.8 Å². The standard InChI is InChI=1S/C18H20N4O5/c1-10-6-15(21-27-10)18(25)22-8-12(9-22)17(24)20-14-7-13(19-11(2)23)4-5-16(14)26-3/h4-7,12H,8-9H2,1-3H3,(H,19,23)(H,20,24). The summed E-state index contributed by atoms with van der Waals surface area (Å²) in [6.45, 7) is 3.70. The maximum Gasteiger partial charge on any atom is 0.276 e. The van der Waals surface area contributed by atoms with Crippen molar-refractivity contribution in [2.24, 2.45) is 5.92 Å². The minimum atomic E-state index is -0.337. The Kier molecular flexibility index (Phi) is 5.11. The maximum atomic E-state index is 12.5. The van der Waals surface area contributed by atoms with Crippen molar-refractivity contribution >= 4 is 29.1 Å². The molecule has 3 rings (SSSR count). The molecule has 0 aliphatic carbocycles. The first-order valence-electron chi connectivity index (χ1n) is 8.36. The Morgan fingerprint density at radius 3 is 2.56 bits per heavy atom. The van der Waals surface area contributed by atoms with Gasteiger partial charge in [0, 0.05) is 31.8 Å². The first-order chi connectivity index (χ1) is 12.9. The number of amides is 3. The lowest BCUT2D eigenvalue weighted by Gasteiger charge is -2.37. The molecule has 0 saturated carbocycles. The van der Waals surface area contributed by atoms with Gasteiger partial charge < -0.3 is 24.8 Å². The van der Waals surface area contributed by atoms with Gasteiger partial charge in [-0.25, -0.2) is 0 Å². The molecule has 1 aliphatic rings. The average Bonchev–Trinajstić information content (AvgIpc) is 2.99. The number of ether oxygens (including phenoxy) is 1. The molecule has 0 radical (unpaired) electrons. The summed E-state index contributed by atoms with van der Waals surface area (Å²) >= 11 is 0. The van der Waals surface area contributed by atoms with Gasteiger partial charge in [0.2, 0.25) is 11.8 Å². The van der Waals surface area contributed by atoms with Crippen LogP contribution >= 0.6 is 0 Å². The van der Waals surface area contributed by atoms with Crippen molar-refractivity contribution in [1.82, 2.24) is 10.1 Å². The molecule has 3 amide bonds. The van der Waals surface area contributed by atoms with Gasteiger partial charge in [0.25, 0.3) is 5.91 Å². The highest BCUT2D eigenvalue weighted by Crippen LogP contribution is 2.29. The van der Waals surface area contributed by atoms with E-state index in [2.05, 4.69) is 15.8 Å². The van der Waals surface area contributed by atoms with Gasteiger partial charge in [-0.3, -0.25) is 14.4 Å². The molecular weight excluding hydrogens is 352 g/mol. The molecule has 27 heavy (non-hydrogen) atoms. The topological polar surface area (TPSA) is 114 Å². The highest BCUT2D eigenvalue weighted by molar-refractivity contribution is 5.99. The van der Waals surface area contributed by atoms with Gasteiger partial charge in [-0.15, -0.1) is 0 Å². The third-order valence-corrected chi connectivity index (χ3v) is 4.16. The van der Waals surface area contributed by atoms with E-state index < -0.39 is 0 Å². The van der Waals surface area contributed by atoms with Gasteiger partial charge >= 0.3 is 0 Å². The highest BCUT2D eigenvalue weighted by atomic mass is 16.5. The van der Waals surface area contributed by atoms with E-state index in [1.165, 1.54) is 18.9 Å². The van der Waals surface area contributed by atoms with E-state index in [0.29, 0.717) is 36.0 Å². The van der Waals surface area contributed by atoms with Gasteiger partial charge in [0.1, 0.15) is 11.5 Å². The summed E-state index contributed by atoms with van der Waals surface area (Å²) < 4.78 is 10.1. The summed E-state index contributed by atoms with van der Waals surface area (Å²) in [4.78, 5) is 37.4. The predicted molar refractivity (Wildman–Crippen MR) is 96.6 cm³/mol. The van der Waals surface area contributed by atoms with E-state index in [0.717, 1.165) is 0 Å². The van der Waals surface area contributed by atoms with Gasteiger partial charge in [-0.05, 0) is 25.1 Å². The van der Waals surface area contributed by atoms with Crippen LogP contribution < -0.4 is 15.4 Å². The summed E-state index contributed by atoms with van der Waals surface area (Å²) in [6.07, 6.45) is 0. The van der Waals surface area contributed by atoms with Crippen molar-refractivity contribution < 1.29 is 23.6 Å². The van der Waals surface area contributed by atoms with Crippen molar-refractivity contribution in [3.63, 3.8) is 0 Å². The van der Waals surface area contributed by atoms with E-state index in [4.69, 9.17) is 9.26 Å². The second kappa shape index (κ2) is 7.48. The smallest absolute Gasteiger partial charge is 0.276 e. The molecule has 1 saturated heterocycles. The Labute approximate surface area is 155 Å². The van der Waals surface area contributed by atoms with E-state index >= 15 is 0 Å². The fraction of sp³-hybridized carbons (Fsp3) is 0.333. The van der Waals surface area contributed by atoms with E-state index in [1.807, 2.05) is 0 Å². The quantitative estimate of drug-likeness (QED) is 0.825. The van der Waals surface area contributed by atoms with Gasteiger partial charge in [-0.1, -0.05) is 5.16 Å². The van der Waals surface area contributed by atoms with Crippen LogP contribution in [0.15, 0.2) is 28.8 Å². The Bertz CT molecular complexity index is 886. The molecule has 2 N–H and O–H groups in total. The van der Waals surface area contributed by atoms with E-state index in [-0.39, 0.29) is 29.3 Å². The molecule has 1 aliphatic heterocycles. The zero-order valence-electron chi connectivity index (χ0n) is 15.2. The number of methoxy groups -OCH3 is 1. The number of benzene rings is 1.